The predicted octanol–water partition coefficient (Wildman–Crippen LogP) is 0.671. The Balaban J connectivity index is 1.79. The van der Waals surface area contributed by atoms with Crippen LogP contribution in [-0.4, -0.2) is 38.3 Å². The summed E-state index contributed by atoms with van der Waals surface area (Å²) in [6.07, 6.45) is 4.39. The SMILES string of the molecule is CCCOCCCNC(=O)CNC1CC1. The van der Waals surface area contributed by atoms with Gasteiger partial charge in [-0.1, -0.05) is 6.92 Å². The Morgan fingerprint density at radius 3 is 2.87 bits per heavy atom. The van der Waals surface area contributed by atoms with Gasteiger partial charge in [-0.3, -0.25) is 4.79 Å². The number of ether oxygens (including phenoxy) is 1. The second-order valence-electron chi connectivity index (χ2n) is 3.97. The van der Waals surface area contributed by atoms with Crippen molar-refractivity contribution in [3.05, 3.63) is 0 Å². The molecule has 0 heterocycles. The summed E-state index contributed by atoms with van der Waals surface area (Å²) in [5, 5.41) is 6.04. The van der Waals surface area contributed by atoms with E-state index < -0.39 is 0 Å². The number of nitrogens with one attached hydrogen (secondary N) is 2. The highest BCUT2D eigenvalue weighted by atomic mass is 16.5. The maximum absolute atomic E-state index is 11.2. The first kappa shape index (κ1) is 12.5. The molecule has 0 aromatic heterocycles. The van der Waals surface area contributed by atoms with Crippen LogP contribution in [0.2, 0.25) is 0 Å². The van der Waals surface area contributed by atoms with Crippen molar-refractivity contribution in [3.63, 3.8) is 0 Å². The van der Waals surface area contributed by atoms with Crippen molar-refractivity contribution in [2.45, 2.75) is 38.6 Å². The Morgan fingerprint density at radius 1 is 1.40 bits per heavy atom. The first-order chi connectivity index (χ1) is 7.33. The zero-order chi connectivity index (χ0) is 10.9. The molecule has 0 radical (unpaired) electrons. The normalized spacial score (nSPS) is 15.3. The molecule has 0 aromatic rings. The highest BCUT2D eigenvalue weighted by molar-refractivity contribution is 5.77. The van der Waals surface area contributed by atoms with Gasteiger partial charge in [0, 0.05) is 25.8 Å². The van der Waals surface area contributed by atoms with Crippen LogP contribution in [0.15, 0.2) is 0 Å². The summed E-state index contributed by atoms with van der Waals surface area (Å²) < 4.78 is 5.31. The van der Waals surface area contributed by atoms with Crippen molar-refractivity contribution in [2.24, 2.45) is 0 Å². The largest absolute Gasteiger partial charge is 0.381 e. The molecule has 0 bridgehead atoms. The smallest absolute Gasteiger partial charge is 0.233 e. The minimum atomic E-state index is 0.0948. The van der Waals surface area contributed by atoms with Gasteiger partial charge >= 0.3 is 0 Å². The Labute approximate surface area is 91.8 Å². The molecule has 0 unspecified atom stereocenters. The van der Waals surface area contributed by atoms with E-state index in [1.807, 2.05) is 0 Å². The van der Waals surface area contributed by atoms with Crippen molar-refractivity contribution in [2.75, 3.05) is 26.3 Å². The molecule has 1 amide bonds. The molecular weight excluding hydrogens is 192 g/mol. The van der Waals surface area contributed by atoms with Crippen molar-refractivity contribution in [3.8, 4) is 0 Å². The van der Waals surface area contributed by atoms with Crippen molar-refractivity contribution >= 4 is 5.91 Å². The second kappa shape index (κ2) is 7.65. The van der Waals surface area contributed by atoms with Crippen molar-refractivity contribution < 1.29 is 9.53 Å². The van der Waals surface area contributed by atoms with Gasteiger partial charge < -0.3 is 15.4 Å². The van der Waals surface area contributed by atoms with Crippen LogP contribution < -0.4 is 10.6 Å². The van der Waals surface area contributed by atoms with Crippen LogP contribution in [0.25, 0.3) is 0 Å². The summed E-state index contributed by atoms with van der Waals surface area (Å²) in [5.41, 5.74) is 0. The third-order valence-electron chi connectivity index (χ3n) is 2.26. The van der Waals surface area contributed by atoms with Crippen LogP contribution >= 0.6 is 0 Å². The van der Waals surface area contributed by atoms with E-state index >= 15 is 0 Å². The molecule has 0 aromatic carbocycles. The molecule has 1 aliphatic rings. The number of amides is 1. The summed E-state index contributed by atoms with van der Waals surface area (Å²) in [7, 11) is 0. The average molecular weight is 214 g/mol. The number of carbonyl (C=O) groups is 1. The Bertz CT molecular complexity index is 181. The van der Waals surface area contributed by atoms with Crippen LogP contribution in [0, 0.1) is 0 Å². The van der Waals surface area contributed by atoms with Gasteiger partial charge in [0.25, 0.3) is 0 Å². The first-order valence-electron chi connectivity index (χ1n) is 5.90. The van der Waals surface area contributed by atoms with E-state index in [2.05, 4.69) is 17.6 Å². The number of hydrogen-bond donors (Lipinski definition) is 2. The molecule has 1 fully saturated rings. The highest BCUT2D eigenvalue weighted by Gasteiger charge is 2.20. The lowest BCUT2D eigenvalue weighted by Crippen LogP contribution is -2.35. The highest BCUT2D eigenvalue weighted by Crippen LogP contribution is 2.17. The van der Waals surface area contributed by atoms with Crippen LogP contribution in [0.3, 0.4) is 0 Å². The topological polar surface area (TPSA) is 50.4 Å². The Kier molecular flexibility index (Phi) is 6.36. The van der Waals surface area contributed by atoms with Gasteiger partial charge in [-0.15, -0.1) is 0 Å². The third-order valence-corrected chi connectivity index (χ3v) is 2.26. The minimum absolute atomic E-state index is 0.0948. The Hall–Kier alpha value is -0.610. The standard InChI is InChI=1S/C11H22N2O2/c1-2-7-15-8-3-6-12-11(14)9-13-10-4-5-10/h10,13H,2-9H2,1H3,(H,12,14). The van der Waals surface area contributed by atoms with Crippen LogP contribution in [0.1, 0.15) is 32.6 Å². The van der Waals surface area contributed by atoms with E-state index in [4.69, 9.17) is 4.74 Å². The monoisotopic (exact) mass is 214 g/mol. The number of hydrogen-bond acceptors (Lipinski definition) is 3. The molecule has 15 heavy (non-hydrogen) atoms. The van der Waals surface area contributed by atoms with E-state index in [9.17, 15) is 4.79 Å². The van der Waals surface area contributed by atoms with Crippen LogP contribution in [-0.2, 0) is 9.53 Å². The molecule has 2 N–H and O–H groups in total. The van der Waals surface area contributed by atoms with Crippen molar-refractivity contribution in [1.29, 1.82) is 0 Å². The molecular formula is C11H22N2O2. The number of carbonyl (C=O) groups excluding carboxylic acids is 1. The van der Waals surface area contributed by atoms with E-state index in [1.54, 1.807) is 0 Å². The lowest BCUT2D eigenvalue weighted by molar-refractivity contribution is -0.120. The summed E-state index contributed by atoms with van der Waals surface area (Å²) in [5.74, 6) is 0.0948. The maximum Gasteiger partial charge on any atom is 0.233 e. The Morgan fingerprint density at radius 2 is 2.20 bits per heavy atom. The third kappa shape index (κ3) is 7.33. The molecule has 88 valence electrons. The van der Waals surface area contributed by atoms with E-state index in [0.717, 1.165) is 32.6 Å². The average Bonchev–Trinajstić information content (AvgIpc) is 3.04. The summed E-state index contributed by atoms with van der Waals surface area (Å²) in [6.45, 7) is 4.82. The molecule has 4 heteroatoms. The second-order valence-corrected chi connectivity index (χ2v) is 3.97. The molecule has 4 nitrogen and oxygen atoms in total. The fourth-order valence-corrected chi connectivity index (χ4v) is 1.24. The summed E-state index contributed by atoms with van der Waals surface area (Å²) >= 11 is 0. The van der Waals surface area contributed by atoms with Gasteiger partial charge in [0.15, 0.2) is 0 Å². The maximum atomic E-state index is 11.2. The van der Waals surface area contributed by atoms with E-state index in [1.165, 1.54) is 12.8 Å². The molecule has 0 spiro atoms. The van der Waals surface area contributed by atoms with E-state index in [0.29, 0.717) is 12.6 Å². The summed E-state index contributed by atoms with van der Waals surface area (Å²) in [4.78, 5) is 11.2. The lowest BCUT2D eigenvalue weighted by Gasteiger charge is -2.06. The van der Waals surface area contributed by atoms with Crippen LogP contribution in [0.4, 0.5) is 0 Å². The van der Waals surface area contributed by atoms with E-state index in [-0.39, 0.29) is 5.91 Å². The van der Waals surface area contributed by atoms with Gasteiger partial charge in [0.05, 0.1) is 6.54 Å². The molecule has 0 saturated heterocycles. The fourth-order valence-electron chi connectivity index (χ4n) is 1.24. The number of rotatable bonds is 9. The van der Waals surface area contributed by atoms with Crippen molar-refractivity contribution in [1.82, 2.24) is 10.6 Å². The molecule has 1 saturated carbocycles. The quantitative estimate of drug-likeness (QED) is 0.555. The minimum Gasteiger partial charge on any atom is -0.381 e. The molecule has 0 atom stereocenters. The molecule has 1 rings (SSSR count). The lowest BCUT2D eigenvalue weighted by atomic mass is 10.4. The van der Waals surface area contributed by atoms with Gasteiger partial charge in [0.1, 0.15) is 0 Å². The fraction of sp³-hybridized carbons (Fsp3) is 0.909. The molecule has 1 aliphatic carbocycles. The van der Waals surface area contributed by atoms with Gasteiger partial charge in [-0.05, 0) is 25.7 Å². The van der Waals surface area contributed by atoms with Crippen LogP contribution in [0.5, 0.6) is 0 Å². The summed E-state index contributed by atoms with van der Waals surface area (Å²) in [6, 6.07) is 0.601. The van der Waals surface area contributed by atoms with Gasteiger partial charge in [0.2, 0.25) is 5.91 Å². The van der Waals surface area contributed by atoms with Gasteiger partial charge in [-0.2, -0.15) is 0 Å². The predicted molar refractivity (Wildman–Crippen MR) is 59.8 cm³/mol. The molecule has 0 aliphatic heterocycles. The zero-order valence-corrected chi connectivity index (χ0v) is 9.55. The zero-order valence-electron chi connectivity index (χ0n) is 9.55. The first-order valence-corrected chi connectivity index (χ1v) is 5.90. The van der Waals surface area contributed by atoms with Gasteiger partial charge in [-0.25, -0.2) is 0 Å².